The molecule has 18 heavy (non-hydrogen) atoms. The lowest BCUT2D eigenvalue weighted by Crippen LogP contribution is -1.93. The van der Waals surface area contributed by atoms with Crippen LogP contribution in [-0.4, -0.2) is 9.91 Å². The molecule has 0 spiro atoms. The van der Waals surface area contributed by atoms with Crippen LogP contribution in [0.1, 0.15) is 5.56 Å². The Morgan fingerprint density at radius 2 is 2.17 bits per heavy atom. The molecule has 2 aromatic rings. The molecule has 1 heterocycles. The van der Waals surface area contributed by atoms with Crippen molar-refractivity contribution >= 4 is 5.69 Å². The van der Waals surface area contributed by atoms with Crippen molar-refractivity contribution in [3.05, 3.63) is 58.3 Å². The van der Waals surface area contributed by atoms with E-state index in [9.17, 15) is 10.1 Å². The number of nitriles is 1. The van der Waals surface area contributed by atoms with Gasteiger partial charge < -0.3 is 4.74 Å². The second kappa shape index (κ2) is 4.93. The molecular weight excluding hydrogens is 234 g/mol. The second-order valence-electron chi connectivity index (χ2n) is 3.32. The Labute approximate surface area is 102 Å². The third-order valence-corrected chi connectivity index (χ3v) is 2.13. The summed E-state index contributed by atoms with van der Waals surface area (Å²) in [7, 11) is 0. The van der Waals surface area contributed by atoms with E-state index in [1.807, 2.05) is 6.07 Å². The summed E-state index contributed by atoms with van der Waals surface area (Å²) in [6.07, 6.45) is 1.48. The van der Waals surface area contributed by atoms with Gasteiger partial charge in [-0.05, 0) is 18.2 Å². The van der Waals surface area contributed by atoms with Gasteiger partial charge in [0.15, 0.2) is 0 Å². The van der Waals surface area contributed by atoms with Gasteiger partial charge in [-0.3, -0.25) is 10.1 Å². The van der Waals surface area contributed by atoms with Crippen molar-refractivity contribution in [2.24, 2.45) is 0 Å². The fourth-order valence-corrected chi connectivity index (χ4v) is 1.33. The molecule has 0 saturated heterocycles. The number of ether oxygens (including phenoxy) is 1. The molecule has 0 atom stereocenters. The maximum atomic E-state index is 10.6. The highest BCUT2D eigenvalue weighted by atomic mass is 16.6. The van der Waals surface area contributed by atoms with E-state index < -0.39 is 4.92 Å². The van der Waals surface area contributed by atoms with Crippen LogP contribution in [0, 0.1) is 21.4 Å². The number of nitro groups is 1. The minimum absolute atomic E-state index is 0.0815. The van der Waals surface area contributed by atoms with Gasteiger partial charge in [-0.25, -0.2) is 4.98 Å². The highest BCUT2D eigenvalue weighted by Crippen LogP contribution is 2.25. The van der Waals surface area contributed by atoms with Crippen molar-refractivity contribution < 1.29 is 9.66 Å². The van der Waals surface area contributed by atoms with Crippen LogP contribution in [0.3, 0.4) is 0 Å². The van der Waals surface area contributed by atoms with Crippen LogP contribution in [0.4, 0.5) is 5.69 Å². The predicted molar refractivity (Wildman–Crippen MR) is 62.1 cm³/mol. The zero-order valence-corrected chi connectivity index (χ0v) is 9.11. The Morgan fingerprint density at radius 3 is 2.89 bits per heavy atom. The summed E-state index contributed by atoms with van der Waals surface area (Å²) in [5.74, 6) is 0.389. The standard InChI is InChI=1S/C12H7N3O3/c13-8-9-3-2-6-14-12(9)18-11-5-1-4-10(7-11)15(16)17/h1-7H. The zero-order chi connectivity index (χ0) is 13.0. The topological polar surface area (TPSA) is 89.0 Å². The molecule has 0 N–H and O–H groups in total. The van der Waals surface area contributed by atoms with Gasteiger partial charge in [0.2, 0.25) is 5.88 Å². The molecule has 0 amide bonds. The number of rotatable bonds is 3. The van der Waals surface area contributed by atoms with Crippen LogP contribution >= 0.6 is 0 Å². The van der Waals surface area contributed by atoms with Gasteiger partial charge in [0.1, 0.15) is 17.4 Å². The molecule has 0 aliphatic rings. The van der Waals surface area contributed by atoms with E-state index in [0.29, 0.717) is 0 Å². The van der Waals surface area contributed by atoms with Crippen LogP contribution in [-0.2, 0) is 0 Å². The number of hydrogen-bond donors (Lipinski definition) is 0. The largest absolute Gasteiger partial charge is 0.437 e. The third-order valence-electron chi connectivity index (χ3n) is 2.13. The van der Waals surface area contributed by atoms with E-state index >= 15 is 0 Å². The van der Waals surface area contributed by atoms with E-state index in [1.54, 1.807) is 18.2 Å². The number of hydrogen-bond acceptors (Lipinski definition) is 5. The van der Waals surface area contributed by atoms with Gasteiger partial charge in [0.05, 0.1) is 11.0 Å². The van der Waals surface area contributed by atoms with E-state index in [-0.39, 0.29) is 22.9 Å². The minimum atomic E-state index is -0.517. The first-order valence-electron chi connectivity index (χ1n) is 4.98. The quantitative estimate of drug-likeness (QED) is 0.608. The zero-order valence-electron chi connectivity index (χ0n) is 9.11. The Bertz CT molecular complexity index is 634. The number of nitrogens with zero attached hydrogens (tertiary/aromatic N) is 3. The molecule has 0 fully saturated rings. The lowest BCUT2D eigenvalue weighted by atomic mass is 10.3. The number of nitro benzene ring substituents is 1. The summed E-state index contributed by atoms with van der Waals surface area (Å²) in [5.41, 5.74) is 0.186. The Kier molecular flexibility index (Phi) is 3.16. The smallest absolute Gasteiger partial charge is 0.273 e. The van der Waals surface area contributed by atoms with Gasteiger partial charge in [-0.15, -0.1) is 0 Å². The van der Waals surface area contributed by atoms with Crippen LogP contribution in [0.2, 0.25) is 0 Å². The highest BCUT2D eigenvalue weighted by molar-refractivity contribution is 5.43. The monoisotopic (exact) mass is 241 g/mol. The second-order valence-corrected chi connectivity index (χ2v) is 3.32. The number of non-ortho nitro benzene ring substituents is 1. The van der Waals surface area contributed by atoms with Crippen LogP contribution < -0.4 is 4.74 Å². The molecule has 0 aliphatic heterocycles. The van der Waals surface area contributed by atoms with Gasteiger partial charge in [-0.2, -0.15) is 5.26 Å². The van der Waals surface area contributed by atoms with Gasteiger partial charge in [0, 0.05) is 12.3 Å². The number of benzene rings is 1. The predicted octanol–water partition coefficient (Wildman–Crippen LogP) is 2.65. The molecule has 0 aliphatic carbocycles. The molecule has 88 valence electrons. The maximum Gasteiger partial charge on any atom is 0.273 e. The molecule has 0 unspecified atom stereocenters. The van der Waals surface area contributed by atoms with Crippen molar-refractivity contribution in [2.75, 3.05) is 0 Å². The first-order chi connectivity index (χ1) is 8.70. The Morgan fingerprint density at radius 1 is 1.33 bits per heavy atom. The maximum absolute atomic E-state index is 10.6. The van der Waals surface area contributed by atoms with Crippen LogP contribution in [0.5, 0.6) is 11.6 Å². The highest BCUT2D eigenvalue weighted by Gasteiger charge is 2.09. The van der Waals surface area contributed by atoms with E-state index in [1.165, 1.54) is 24.4 Å². The molecule has 0 bridgehead atoms. The van der Waals surface area contributed by atoms with Crippen molar-refractivity contribution in [2.45, 2.75) is 0 Å². The van der Waals surface area contributed by atoms with Crippen molar-refractivity contribution in [3.63, 3.8) is 0 Å². The lowest BCUT2D eigenvalue weighted by Gasteiger charge is -2.05. The van der Waals surface area contributed by atoms with Crippen molar-refractivity contribution in [1.82, 2.24) is 4.98 Å². The lowest BCUT2D eigenvalue weighted by molar-refractivity contribution is -0.384. The summed E-state index contributed by atoms with van der Waals surface area (Å²) in [5, 5.41) is 19.5. The minimum Gasteiger partial charge on any atom is -0.437 e. The van der Waals surface area contributed by atoms with Crippen molar-refractivity contribution in [1.29, 1.82) is 5.26 Å². The fourth-order valence-electron chi connectivity index (χ4n) is 1.33. The van der Waals surface area contributed by atoms with E-state index in [4.69, 9.17) is 10.00 Å². The first-order valence-corrected chi connectivity index (χ1v) is 4.98. The molecule has 1 aromatic heterocycles. The average Bonchev–Trinajstić information content (AvgIpc) is 2.39. The SMILES string of the molecule is N#Cc1cccnc1Oc1cccc([N+](=O)[O-])c1. The van der Waals surface area contributed by atoms with Crippen molar-refractivity contribution in [3.8, 4) is 17.7 Å². The summed E-state index contributed by atoms with van der Waals surface area (Å²) < 4.78 is 5.35. The van der Waals surface area contributed by atoms with Gasteiger partial charge in [0.25, 0.3) is 5.69 Å². The fraction of sp³-hybridized carbons (Fsp3) is 0. The third kappa shape index (κ3) is 2.41. The molecule has 6 heteroatoms. The summed E-state index contributed by atoms with van der Waals surface area (Å²) >= 11 is 0. The Hall–Kier alpha value is -2.94. The molecule has 0 radical (unpaired) electrons. The molecule has 2 rings (SSSR count). The number of aromatic nitrogens is 1. The van der Waals surface area contributed by atoms with Gasteiger partial charge >= 0.3 is 0 Å². The first kappa shape index (κ1) is 11.5. The molecule has 0 saturated carbocycles. The summed E-state index contributed by atoms with van der Waals surface area (Å²) in [4.78, 5) is 14.0. The average molecular weight is 241 g/mol. The summed E-state index contributed by atoms with van der Waals surface area (Å²) in [6.45, 7) is 0. The molecular formula is C12H7N3O3. The number of pyridine rings is 1. The van der Waals surface area contributed by atoms with Gasteiger partial charge in [-0.1, -0.05) is 6.07 Å². The summed E-state index contributed by atoms with van der Waals surface area (Å²) in [6, 6.07) is 10.8. The van der Waals surface area contributed by atoms with Crippen LogP contribution in [0.15, 0.2) is 42.6 Å². The molecule has 1 aromatic carbocycles. The van der Waals surface area contributed by atoms with E-state index in [2.05, 4.69) is 4.98 Å². The van der Waals surface area contributed by atoms with E-state index in [0.717, 1.165) is 0 Å². The Balaban J connectivity index is 2.32. The normalized spacial score (nSPS) is 9.50. The van der Waals surface area contributed by atoms with Crippen LogP contribution in [0.25, 0.3) is 0 Å². The molecule has 6 nitrogen and oxygen atoms in total.